The van der Waals surface area contributed by atoms with Crippen molar-refractivity contribution in [2.24, 2.45) is 0 Å². The first-order chi connectivity index (χ1) is 7.29. The van der Waals surface area contributed by atoms with Gasteiger partial charge in [-0.05, 0) is 32.2 Å². The molecule has 0 saturated carbocycles. The molecule has 2 heterocycles. The summed E-state index contributed by atoms with van der Waals surface area (Å²) < 4.78 is 0. The van der Waals surface area contributed by atoms with Gasteiger partial charge in [0.2, 0.25) is 0 Å². The Balaban J connectivity index is 1.99. The lowest BCUT2D eigenvalue weighted by atomic mass is 9.84. The minimum absolute atomic E-state index is 0.109. The Hall–Kier alpha value is -0.630. The molecule has 2 rings (SSSR count). The molecule has 4 heteroatoms. The Morgan fingerprint density at radius 2 is 2.40 bits per heavy atom. The van der Waals surface area contributed by atoms with E-state index in [9.17, 15) is 5.26 Å². The molecule has 0 aromatic heterocycles. The fraction of sp³-hybridized carbons (Fsp3) is 0.909. The summed E-state index contributed by atoms with van der Waals surface area (Å²) in [6.45, 7) is 2.86. The van der Waals surface area contributed by atoms with Gasteiger partial charge < -0.3 is 10.0 Å². The third-order valence-corrected chi connectivity index (χ3v) is 3.70. The number of nitrogens with one attached hydrogen (secondary N) is 1. The number of hydrogen-bond acceptors (Lipinski definition) is 4. The van der Waals surface area contributed by atoms with E-state index in [1.54, 1.807) is 0 Å². The standard InChI is InChI=1S/C11H19N3O/c12-9-11(13-4-7-15)3-6-14-5-1-2-10(14)8-11/h10,13,15H,1-8H2. The zero-order valence-electron chi connectivity index (χ0n) is 9.08. The molecule has 0 amide bonds. The summed E-state index contributed by atoms with van der Waals surface area (Å²) in [6, 6.07) is 3.00. The van der Waals surface area contributed by atoms with Crippen molar-refractivity contribution in [1.82, 2.24) is 10.2 Å². The molecule has 2 N–H and O–H groups in total. The van der Waals surface area contributed by atoms with Crippen molar-refractivity contribution in [3.63, 3.8) is 0 Å². The first-order valence-corrected chi connectivity index (χ1v) is 5.81. The molecule has 2 atom stereocenters. The van der Waals surface area contributed by atoms with Crippen LogP contribution in [0.4, 0.5) is 0 Å². The predicted octanol–water partition coefficient (Wildman–Crippen LogP) is 0.0889. The van der Waals surface area contributed by atoms with Gasteiger partial charge in [-0.2, -0.15) is 5.26 Å². The van der Waals surface area contributed by atoms with Gasteiger partial charge in [0.1, 0.15) is 5.54 Å². The third kappa shape index (κ3) is 2.15. The summed E-state index contributed by atoms with van der Waals surface area (Å²) in [5, 5.41) is 21.3. The minimum atomic E-state index is -0.381. The molecule has 0 bridgehead atoms. The van der Waals surface area contributed by atoms with Crippen LogP contribution < -0.4 is 5.32 Å². The van der Waals surface area contributed by atoms with Crippen LogP contribution in [0.5, 0.6) is 0 Å². The van der Waals surface area contributed by atoms with Crippen molar-refractivity contribution >= 4 is 0 Å². The van der Waals surface area contributed by atoms with Gasteiger partial charge in [0.15, 0.2) is 0 Å². The van der Waals surface area contributed by atoms with Crippen LogP contribution in [0, 0.1) is 11.3 Å². The average molecular weight is 209 g/mol. The molecule has 2 aliphatic heterocycles. The number of nitriles is 1. The molecule has 0 aliphatic carbocycles. The molecule has 2 aliphatic rings. The van der Waals surface area contributed by atoms with Crippen LogP contribution in [0.2, 0.25) is 0 Å². The molecule has 0 radical (unpaired) electrons. The normalized spacial score (nSPS) is 36.1. The molecule has 0 aromatic carbocycles. The quantitative estimate of drug-likeness (QED) is 0.691. The number of aliphatic hydroxyl groups excluding tert-OH is 1. The Morgan fingerprint density at radius 3 is 3.13 bits per heavy atom. The third-order valence-electron chi connectivity index (χ3n) is 3.70. The molecule has 0 aromatic rings. The van der Waals surface area contributed by atoms with E-state index in [1.165, 1.54) is 19.4 Å². The summed E-state index contributed by atoms with van der Waals surface area (Å²) >= 11 is 0. The van der Waals surface area contributed by atoms with Gasteiger partial charge in [-0.3, -0.25) is 5.32 Å². The number of aliphatic hydroxyl groups is 1. The number of nitrogens with zero attached hydrogens (tertiary/aromatic N) is 2. The van der Waals surface area contributed by atoms with Crippen molar-refractivity contribution < 1.29 is 5.11 Å². The first kappa shape index (κ1) is 10.9. The minimum Gasteiger partial charge on any atom is -0.395 e. The topological polar surface area (TPSA) is 59.3 Å². The van der Waals surface area contributed by atoms with E-state index in [0.717, 1.165) is 19.4 Å². The number of fused-ring (bicyclic) bond motifs is 1. The van der Waals surface area contributed by atoms with Crippen LogP contribution in [-0.2, 0) is 0 Å². The van der Waals surface area contributed by atoms with Crippen molar-refractivity contribution in [3.8, 4) is 6.07 Å². The smallest absolute Gasteiger partial charge is 0.109 e. The van der Waals surface area contributed by atoms with Crippen molar-refractivity contribution in [1.29, 1.82) is 5.26 Å². The van der Waals surface area contributed by atoms with Crippen LogP contribution in [0.25, 0.3) is 0 Å². The van der Waals surface area contributed by atoms with Gasteiger partial charge in [0.05, 0.1) is 12.7 Å². The van der Waals surface area contributed by atoms with Gasteiger partial charge in [-0.1, -0.05) is 0 Å². The Bertz CT molecular complexity index is 263. The molecule has 2 unspecified atom stereocenters. The maximum absolute atomic E-state index is 9.28. The Labute approximate surface area is 90.9 Å². The van der Waals surface area contributed by atoms with E-state index in [1.807, 2.05) is 0 Å². The number of hydrogen-bond donors (Lipinski definition) is 2. The molecule has 2 fully saturated rings. The van der Waals surface area contributed by atoms with E-state index in [4.69, 9.17) is 5.11 Å². The lowest BCUT2D eigenvalue weighted by molar-refractivity contribution is 0.132. The molecule has 15 heavy (non-hydrogen) atoms. The van der Waals surface area contributed by atoms with Gasteiger partial charge >= 0.3 is 0 Å². The van der Waals surface area contributed by atoms with Crippen molar-refractivity contribution in [2.75, 3.05) is 26.2 Å². The molecule has 84 valence electrons. The Kier molecular flexibility index (Phi) is 3.25. The second kappa shape index (κ2) is 4.48. The maximum Gasteiger partial charge on any atom is 0.109 e. The van der Waals surface area contributed by atoms with Crippen molar-refractivity contribution in [2.45, 2.75) is 37.3 Å². The van der Waals surface area contributed by atoms with E-state index in [2.05, 4.69) is 16.3 Å². The summed E-state index contributed by atoms with van der Waals surface area (Å²) in [5.74, 6) is 0. The van der Waals surface area contributed by atoms with E-state index in [0.29, 0.717) is 12.6 Å². The summed E-state index contributed by atoms with van der Waals surface area (Å²) in [4.78, 5) is 2.50. The van der Waals surface area contributed by atoms with E-state index < -0.39 is 0 Å². The molecule has 4 nitrogen and oxygen atoms in total. The van der Waals surface area contributed by atoms with Crippen molar-refractivity contribution in [3.05, 3.63) is 0 Å². The summed E-state index contributed by atoms with van der Waals surface area (Å²) in [7, 11) is 0. The van der Waals surface area contributed by atoms with Gasteiger partial charge in [-0.15, -0.1) is 0 Å². The number of β-amino-alcohol motifs (C(OH)–C–C–N with tert-alkyl or cyclic N) is 1. The molecule has 2 saturated heterocycles. The van der Waals surface area contributed by atoms with E-state index in [-0.39, 0.29) is 12.1 Å². The Morgan fingerprint density at radius 1 is 1.53 bits per heavy atom. The second-order valence-electron chi connectivity index (χ2n) is 4.63. The zero-order valence-corrected chi connectivity index (χ0v) is 9.08. The zero-order chi connectivity index (χ0) is 10.7. The molecular weight excluding hydrogens is 190 g/mol. The first-order valence-electron chi connectivity index (χ1n) is 5.81. The maximum atomic E-state index is 9.28. The number of piperidine rings is 1. The highest BCUT2D eigenvalue weighted by molar-refractivity contribution is 5.12. The lowest BCUT2D eigenvalue weighted by Gasteiger charge is -2.40. The summed E-state index contributed by atoms with van der Waals surface area (Å²) in [5.41, 5.74) is -0.381. The fourth-order valence-electron chi connectivity index (χ4n) is 2.86. The fourth-order valence-corrected chi connectivity index (χ4v) is 2.86. The van der Waals surface area contributed by atoms with Crippen LogP contribution in [0.15, 0.2) is 0 Å². The molecule has 0 spiro atoms. The van der Waals surface area contributed by atoms with Crippen LogP contribution >= 0.6 is 0 Å². The largest absolute Gasteiger partial charge is 0.395 e. The second-order valence-corrected chi connectivity index (χ2v) is 4.63. The summed E-state index contributed by atoms with van der Waals surface area (Å²) in [6.07, 6.45) is 4.31. The monoisotopic (exact) mass is 209 g/mol. The van der Waals surface area contributed by atoms with Crippen LogP contribution in [0.3, 0.4) is 0 Å². The van der Waals surface area contributed by atoms with Gasteiger partial charge in [0.25, 0.3) is 0 Å². The van der Waals surface area contributed by atoms with Crippen LogP contribution in [-0.4, -0.2) is 47.8 Å². The average Bonchev–Trinajstić information content (AvgIpc) is 2.73. The van der Waals surface area contributed by atoms with E-state index >= 15 is 0 Å². The molecular formula is C11H19N3O. The highest BCUT2D eigenvalue weighted by atomic mass is 16.3. The van der Waals surface area contributed by atoms with Gasteiger partial charge in [0, 0.05) is 19.1 Å². The highest BCUT2D eigenvalue weighted by Crippen LogP contribution is 2.32. The van der Waals surface area contributed by atoms with Crippen LogP contribution in [0.1, 0.15) is 25.7 Å². The highest BCUT2D eigenvalue weighted by Gasteiger charge is 2.41. The number of rotatable bonds is 3. The SMILES string of the molecule is N#CC1(NCCO)CCN2CCCC2C1. The van der Waals surface area contributed by atoms with Gasteiger partial charge in [-0.25, -0.2) is 0 Å². The lowest BCUT2D eigenvalue weighted by Crippen LogP contribution is -2.55. The predicted molar refractivity (Wildman–Crippen MR) is 57.3 cm³/mol.